The Labute approximate surface area is 310 Å². The SMILES string of the molecule is CC\C=C/C=C\C=C/C=C\C=C/CCCC(=O)OCC(COC(=O)CCCC/C=C\C/C=C\CC)OC(=O)CCCCC/C=C\C=C/CCCC. The molecule has 0 heterocycles. The van der Waals surface area contributed by atoms with Gasteiger partial charge in [0.05, 0.1) is 0 Å². The Morgan fingerprint density at radius 3 is 1.51 bits per heavy atom. The number of hydrogen-bond donors (Lipinski definition) is 0. The minimum Gasteiger partial charge on any atom is -0.462 e. The van der Waals surface area contributed by atoms with Crippen molar-refractivity contribution in [2.45, 2.75) is 142 Å². The lowest BCUT2D eigenvalue weighted by Gasteiger charge is -2.18. The molecule has 0 aromatic heterocycles. The minimum absolute atomic E-state index is 0.132. The van der Waals surface area contributed by atoms with Crippen molar-refractivity contribution in [1.82, 2.24) is 0 Å². The van der Waals surface area contributed by atoms with E-state index in [-0.39, 0.29) is 44.0 Å². The molecular weight excluding hydrogens is 636 g/mol. The van der Waals surface area contributed by atoms with Crippen LogP contribution in [0, 0.1) is 0 Å². The van der Waals surface area contributed by atoms with E-state index in [0.29, 0.717) is 25.7 Å². The summed E-state index contributed by atoms with van der Waals surface area (Å²) >= 11 is 0. The Morgan fingerprint density at radius 2 is 0.882 bits per heavy atom. The molecule has 6 nitrogen and oxygen atoms in total. The fourth-order valence-electron chi connectivity index (χ4n) is 4.48. The predicted octanol–water partition coefficient (Wildman–Crippen LogP) is 12.1. The third-order valence-electron chi connectivity index (χ3n) is 7.40. The van der Waals surface area contributed by atoms with Gasteiger partial charge >= 0.3 is 17.9 Å². The van der Waals surface area contributed by atoms with E-state index in [2.05, 4.69) is 75.5 Å². The van der Waals surface area contributed by atoms with Crippen LogP contribution in [0.3, 0.4) is 0 Å². The van der Waals surface area contributed by atoms with Crippen LogP contribution in [-0.4, -0.2) is 37.2 Å². The van der Waals surface area contributed by atoms with Gasteiger partial charge in [-0.05, 0) is 77.0 Å². The van der Waals surface area contributed by atoms with Gasteiger partial charge in [0.2, 0.25) is 0 Å². The van der Waals surface area contributed by atoms with Gasteiger partial charge in [0, 0.05) is 19.3 Å². The molecule has 6 heteroatoms. The van der Waals surface area contributed by atoms with Crippen LogP contribution in [0.15, 0.2) is 109 Å². The number of allylic oxidation sites excluding steroid dienone is 18. The van der Waals surface area contributed by atoms with E-state index in [4.69, 9.17) is 14.2 Å². The normalized spacial score (nSPS) is 13.2. The van der Waals surface area contributed by atoms with E-state index in [1.165, 1.54) is 12.8 Å². The number of carbonyl (C=O) groups is 3. The van der Waals surface area contributed by atoms with Crippen LogP contribution in [0.4, 0.5) is 0 Å². The van der Waals surface area contributed by atoms with Crippen molar-refractivity contribution in [3.05, 3.63) is 109 Å². The number of carbonyl (C=O) groups excluding carboxylic acids is 3. The number of hydrogen-bond acceptors (Lipinski definition) is 6. The molecule has 0 amide bonds. The maximum Gasteiger partial charge on any atom is 0.306 e. The quantitative estimate of drug-likeness (QED) is 0.0228. The van der Waals surface area contributed by atoms with Gasteiger partial charge in [0.25, 0.3) is 0 Å². The van der Waals surface area contributed by atoms with E-state index in [0.717, 1.165) is 64.2 Å². The first-order valence-electron chi connectivity index (χ1n) is 19.5. The minimum atomic E-state index is -0.831. The molecule has 0 N–H and O–H groups in total. The molecule has 0 fully saturated rings. The average molecular weight is 705 g/mol. The van der Waals surface area contributed by atoms with Crippen LogP contribution in [0.5, 0.6) is 0 Å². The lowest BCUT2D eigenvalue weighted by atomic mass is 10.1. The second kappa shape index (κ2) is 38.9. The summed E-state index contributed by atoms with van der Waals surface area (Å²) in [5.74, 6) is -1.09. The lowest BCUT2D eigenvalue weighted by molar-refractivity contribution is -0.167. The summed E-state index contributed by atoms with van der Waals surface area (Å²) in [5, 5.41) is 0. The van der Waals surface area contributed by atoms with Gasteiger partial charge in [-0.25, -0.2) is 0 Å². The third kappa shape index (κ3) is 37.2. The van der Waals surface area contributed by atoms with Crippen LogP contribution >= 0.6 is 0 Å². The second-order valence-corrected chi connectivity index (χ2v) is 12.2. The highest BCUT2D eigenvalue weighted by Crippen LogP contribution is 2.09. The van der Waals surface area contributed by atoms with Crippen LogP contribution < -0.4 is 0 Å². The zero-order valence-corrected chi connectivity index (χ0v) is 32.1. The van der Waals surface area contributed by atoms with E-state index in [1.807, 2.05) is 54.7 Å². The first-order chi connectivity index (χ1) is 25.0. The van der Waals surface area contributed by atoms with Gasteiger partial charge in [0.15, 0.2) is 6.10 Å². The van der Waals surface area contributed by atoms with Crippen molar-refractivity contribution in [2.75, 3.05) is 13.2 Å². The highest BCUT2D eigenvalue weighted by molar-refractivity contribution is 5.71. The summed E-state index contributed by atoms with van der Waals surface area (Å²) < 4.78 is 16.5. The number of rotatable bonds is 32. The number of ether oxygens (including phenoxy) is 3. The monoisotopic (exact) mass is 705 g/mol. The van der Waals surface area contributed by atoms with Crippen molar-refractivity contribution in [3.63, 3.8) is 0 Å². The Kier molecular flexibility index (Phi) is 35.9. The second-order valence-electron chi connectivity index (χ2n) is 12.2. The Hall–Kier alpha value is -3.93. The average Bonchev–Trinajstić information content (AvgIpc) is 3.12. The maximum absolute atomic E-state index is 12.6. The summed E-state index contributed by atoms with van der Waals surface area (Å²) in [6.45, 7) is 6.13. The molecule has 0 spiro atoms. The topological polar surface area (TPSA) is 78.9 Å². The molecule has 1 atom stereocenters. The molecule has 1 unspecified atom stereocenters. The van der Waals surface area contributed by atoms with Crippen molar-refractivity contribution >= 4 is 17.9 Å². The smallest absolute Gasteiger partial charge is 0.306 e. The summed E-state index contributed by atoms with van der Waals surface area (Å²) in [4.78, 5) is 37.4. The largest absolute Gasteiger partial charge is 0.462 e. The lowest BCUT2D eigenvalue weighted by Crippen LogP contribution is -2.30. The summed E-state index contributed by atoms with van der Waals surface area (Å²) in [7, 11) is 0. The molecule has 0 aliphatic heterocycles. The highest BCUT2D eigenvalue weighted by Gasteiger charge is 2.19. The molecular formula is C45H68O6. The van der Waals surface area contributed by atoms with Crippen LogP contribution in [0.1, 0.15) is 136 Å². The predicted molar refractivity (Wildman–Crippen MR) is 214 cm³/mol. The van der Waals surface area contributed by atoms with Crippen molar-refractivity contribution in [2.24, 2.45) is 0 Å². The Balaban J connectivity index is 4.62. The number of esters is 3. The third-order valence-corrected chi connectivity index (χ3v) is 7.40. The zero-order valence-electron chi connectivity index (χ0n) is 32.1. The van der Waals surface area contributed by atoms with Crippen LogP contribution in [0.25, 0.3) is 0 Å². The molecule has 0 aromatic carbocycles. The summed E-state index contributed by atoms with van der Waals surface area (Å²) in [6.07, 6.45) is 50.9. The molecule has 0 rings (SSSR count). The van der Waals surface area contributed by atoms with Crippen molar-refractivity contribution < 1.29 is 28.6 Å². The molecule has 0 saturated carbocycles. The molecule has 51 heavy (non-hydrogen) atoms. The van der Waals surface area contributed by atoms with Gasteiger partial charge in [-0.2, -0.15) is 0 Å². The molecule has 0 radical (unpaired) electrons. The first-order valence-corrected chi connectivity index (χ1v) is 19.5. The number of unbranched alkanes of at least 4 members (excludes halogenated alkanes) is 8. The van der Waals surface area contributed by atoms with E-state index in [1.54, 1.807) is 0 Å². The Bertz CT molecular complexity index is 1130. The van der Waals surface area contributed by atoms with Gasteiger partial charge < -0.3 is 14.2 Å². The Morgan fingerprint density at radius 1 is 0.431 bits per heavy atom. The van der Waals surface area contributed by atoms with Crippen molar-refractivity contribution in [3.8, 4) is 0 Å². The molecule has 0 aliphatic carbocycles. The standard InChI is InChI=1S/C45H68O6/c1-4-7-10-13-16-19-21-22-24-26-29-32-35-38-44(47)50-41-42(40-49-43(46)37-34-31-28-25-18-15-12-9-6-3)51-45(48)39-36-33-30-27-23-20-17-14-11-8-5-2/h7,9-10,12-14,16-26,29,42H,4-6,8,11,15,27-28,30-41H2,1-3H3/b10-7-,12-9-,16-13-,17-14-,21-19-,23-20-,24-22-,25-18-,29-26-. The van der Waals surface area contributed by atoms with E-state index in [9.17, 15) is 14.4 Å². The van der Waals surface area contributed by atoms with Gasteiger partial charge in [-0.3, -0.25) is 14.4 Å². The fraction of sp³-hybridized carbons (Fsp3) is 0.533. The summed E-state index contributed by atoms with van der Waals surface area (Å²) in [6, 6.07) is 0. The van der Waals surface area contributed by atoms with Crippen molar-refractivity contribution in [1.29, 1.82) is 0 Å². The summed E-state index contributed by atoms with van der Waals surface area (Å²) in [5.41, 5.74) is 0. The van der Waals surface area contributed by atoms with Gasteiger partial charge in [-0.1, -0.05) is 149 Å². The highest BCUT2D eigenvalue weighted by atomic mass is 16.6. The molecule has 284 valence electrons. The maximum atomic E-state index is 12.6. The molecule has 0 aliphatic rings. The van der Waals surface area contributed by atoms with E-state index >= 15 is 0 Å². The first kappa shape index (κ1) is 47.1. The van der Waals surface area contributed by atoms with Crippen LogP contribution in [-0.2, 0) is 28.6 Å². The van der Waals surface area contributed by atoms with Crippen LogP contribution in [0.2, 0.25) is 0 Å². The molecule has 0 saturated heterocycles. The zero-order chi connectivity index (χ0) is 37.3. The van der Waals surface area contributed by atoms with E-state index < -0.39 is 6.10 Å². The van der Waals surface area contributed by atoms with Gasteiger partial charge in [0.1, 0.15) is 13.2 Å². The van der Waals surface area contributed by atoms with Gasteiger partial charge in [-0.15, -0.1) is 0 Å². The molecule has 0 bridgehead atoms. The fourth-order valence-corrected chi connectivity index (χ4v) is 4.48. The molecule has 0 aromatic rings.